The summed E-state index contributed by atoms with van der Waals surface area (Å²) in [5.74, 6) is -0.967. The molecule has 6 atom stereocenters. The van der Waals surface area contributed by atoms with Gasteiger partial charge in [-0.1, -0.05) is 51.8 Å². The molecule has 2 aliphatic heterocycles. The minimum Gasteiger partial charge on any atom is -0.352 e. The van der Waals surface area contributed by atoms with Gasteiger partial charge in [-0.15, -0.1) is 0 Å². The molecule has 2 fully saturated rings. The van der Waals surface area contributed by atoms with Gasteiger partial charge in [-0.2, -0.15) is 0 Å². The summed E-state index contributed by atoms with van der Waals surface area (Å²) in [6, 6.07) is 7.24. The average Bonchev–Trinajstić information content (AvgIpc) is 3.95. The number of benzene rings is 2. The van der Waals surface area contributed by atoms with Gasteiger partial charge in [0.15, 0.2) is 5.82 Å². The summed E-state index contributed by atoms with van der Waals surface area (Å²) >= 11 is 6.46. The monoisotopic (exact) mass is 857 g/mol. The fourth-order valence-electron chi connectivity index (χ4n) is 8.33. The van der Waals surface area contributed by atoms with Crippen LogP contribution in [0.4, 0.5) is 13.2 Å². The predicted molar refractivity (Wildman–Crippen MR) is 229 cm³/mol. The number of aldehydes is 1. The maximum Gasteiger partial charge on any atom is 0.246 e. The van der Waals surface area contributed by atoms with E-state index in [1.807, 2.05) is 38.3 Å². The minimum absolute atomic E-state index is 0.00634. The van der Waals surface area contributed by atoms with Gasteiger partial charge in [0.2, 0.25) is 17.7 Å². The number of imidazole rings is 1. The normalized spacial score (nSPS) is 20.3. The second-order valence-electron chi connectivity index (χ2n) is 16.8. The van der Waals surface area contributed by atoms with E-state index in [1.165, 1.54) is 17.0 Å². The molecule has 0 saturated carbocycles. The Labute approximate surface area is 354 Å². The summed E-state index contributed by atoms with van der Waals surface area (Å²) in [6.07, 6.45) is 0.223. The topological polar surface area (TPSA) is 156 Å². The number of aromatic amines is 1. The number of nitrogens with one attached hydrogen (secondary N) is 5. The maximum absolute atomic E-state index is 15.4. The van der Waals surface area contributed by atoms with Crippen molar-refractivity contribution in [2.75, 3.05) is 47.3 Å². The fourth-order valence-corrected chi connectivity index (χ4v) is 8.50. The van der Waals surface area contributed by atoms with E-state index in [2.05, 4.69) is 26.3 Å². The smallest absolute Gasteiger partial charge is 0.246 e. The van der Waals surface area contributed by atoms with Crippen LogP contribution in [0, 0.1) is 11.2 Å². The van der Waals surface area contributed by atoms with Gasteiger partial charge in [0.1, 0.15) is 30.5 Å². The van der Waals surface area contributed by atoms with Crippen molar-refractivity contribution in [1.82, 2.24) is 45.6 Å². The number of hydrogen-bond acceptors (Lipinski definition) is 8. The Morgan fingerprint density at radius 1 is 0.983 bits per heavy atom. The van der Waals surface area contributed by atoms with Crippen LogP contribution in [-0.2, 0) is 32.1 Å². The standard InChI is InChI=1S/C40H52ClF3N8O3.C3H7NO/c1-7-8-30(46-6)38(54)50-19-24(43)14-26(50)17-29-28-11-9-22(41)13-31(28)47-35(29)37-48-32-16-23(42)10-12-33(32)52(37)21-27-15-25(44)20-51(27)39(55)36(40(2,3)4)49-34(53)18-45-5;1-4-2-3-5/h9-13,16,24-27,30,36,45-47H,7-8,14-15,17-21H2,1-6H3,(H,49,53);3-4H,2H2,1H3. The van der Waals surface area contributed by atoms with Crippen LogP contribution in [0.15, 0.2) is 36.4 Å². The maximum atomic E-state index is 15.4. The van der Waals surface area contributed by atoms with E-state index in [-0.39, 0.29) is 50.8 Å². The van der Waals surface area contributed by atoms with Gasteiger partial charge >= 0.3 is 0 Å². The largest absolute Gasteiger partial charge is 0.352 e. The van der Waals surface area contributed by atoms with Gasteiger partial charge in [0.25, 0.3) is 0 Å². The van der Waals surface area contributed by atoms with Gasteiger partial charge in [-0.25, -0.2) is 18.2 Å². The van der Waals surface area contributed by atoms with E-state index < -0.39 is 53.7 Å². The quantitative estimate of drug-likeness (QED) is 0.105. The summed E-state index contributed by atoms with van der Waals surface area (Å²) in [5.41, 5.74) is 2.29. The molecule has 6 unspecified atom stereocenters. The molecule has 328 valence electrons. The number of fused-ring (bicyclic) bond motifs is 2. The summed E-state index contributed by atoms with van der Waals surface area (Å²) in [7, 11) is 5.10. The Bertz CT molecular complexity index is 2140. The first kappa shape index (κ1) is 46.6. The summed E-state index contributed by atoms with van der Waals surface area (Å²) in [6.45, 7) is 7.97. The molecule has 2 saturated heterocycles. The molecule has 6 rings (SSSR count). The SMILES string of the molecule is CCCC(NC)C(=O)N1CC(F)CC1Cc1c(-c2nc3cc(F)ccc3n2CC2CC(F)CN2C(=O)C(NC(=O)CNC)C(C)(C)C)[nH]c2cc(Cl)ccc12.CNCC=O. The van der Waals surface area contributed by atoms with Crippen molar-refractivity contribution in [2.24, 2.45) is 5.41 Å². The molecule has 2 aromatic heterocycles. The number of hydrogen-bond donors (Lipinski definition) is 5. The third-order valence-electron chi connectivity index (χ3n) is 11.2. The lowest BCUT2D eigenvalue weighted by Gasteiger charge is -2.36. The van der Waals surface area contributed by atoms with Crippen LogP contribution in [0.2, 0.25) is 5.02 Å². The van der Waals surface area contributed by atoms with Gasteiger partial charge in [-0.3, -0.25) is 14.4 Å². The van der Waals surface area contributed by atoms with Crippen molar-refractivity contribution < 1.29 is 32.3 Å². The van der Waals surface area contributed by atoms with E-state index in [0.29, 0.717) is 52.5 Å². The highest BCUT2D eigenvalue weighted by Gasteiger charge is 2.43. The molecule has 5 N–H and O–H groups in total. The van der Waals surface area contributed by atoms with E-state index in [4.69, 9.17) is 16.6 Å². The summed E-state index contributed by atoms with van der Waals surface area (Å²) in [5, 5.41) is 12.7. The fraction of sp³-hybridized carbons (Fsp3) is 0.558. The third-order valence-corrected chi connectivity index (χ3v) is 11.4. The molecular weight excluding hydrogens is 799 g/mol. The first-order valence-electron chi connectivity index (χ1n) is 20.6. The van der Waals surface area contributed by atoms with Gasteiger partial charge in [0.05, 0.1) is 55.0 Å². The molecule has 0 radical (unpaired) electrons. The number of halogens is 4. The Kier molecular flexibility index (Phi) is 15.8. The molecule has 0 bridgehead atoms. The van der Waals surface area contributed by atoms with Crippen LogP contribution >= 0.6 is 11.6 Å². The zero-order valence-electron chi connectivity index (χ0n) is 35.5. The van der Waals surface area contributed by atoms with Crippen molar-refractivity contribution in [3.63, 3.8) is 0 Å². The second-order valence-corrected chi connectivity index (χ2v) is 17.2. The lowest BCUT2D eigenvalue weighted by atomic mass is 9.85. The highest BCUT2D eigenvalue weighted by atomic mass is 35.5. The number of amides is 3. The molecule has 2 aliphatic rings. The number of rotatable bonds is 15. The van der Waals surface area contributed by atoms with Crippen LogP contribution in [0.5, 0.6) is 0 Å². The number of carbonyl (C=O) groups excluding carboxylic acids is 4. The highest BCUT2D eigenvalue weighted by molar-refractivity contribution is 6.31. The highest BCUT2D eigenvalue weighted by Crippen LogP contribution is 2.38. The molecular formula is C43H59ClF3N9O4. The van der Waals surface area contributed by atoms with Crippen LogP contribution in [0.1, 0.15) is 58.9 Å². The van der Waals surface area contributed by atoms with Crippen molar-refractivity contribution in [3.05, 3.63) is 52.8 Å². The van der Waals surface area contributed by atoms with Crippen LogP contribution in [-0.4, -0.2) is 132 Å². The van der Waals surface area contributed by atoms with Crippen LogP contribution in [0.3, 0.4) is 0 Å². The van der Waals surface area contributed by atoms with E-state index in [1.54, 1.807) is 44.2 Å². The van der Waals surface area contributed by atoms with Crippen LogP contribution in [0.25, 0.3) is 33.5 Å². The molecule has 0 aliphatic carbocycles. The van der Waals surface area contributed by atoms with Crippen molar-refractivity contribution >= 4 is 57.5 Å². The third kappa shape index (κ3) is 10.7. The molecule has 4 heterocycles. The molecule has 13 nitrogen and oxygen atoms in total. The lowest BCUT2D eigenvalue weighted by Crippen LogP contribution is -2.57. The van der Waals surface area contributed by atoms with Gasteiger partial charge < -0.3 is 45.4 Å². The number of likely N-dealkylation sites (tertiary alicyclic amines) is 2. The number of alkyl halides is 2. The van der Waals surface area contributed by atoms with Crippen molar-refractivity contribution in [1.29, 1.82) is 0 Å². The zero-order chi connectivity index (χ0) is 43.9. The summed E-state index contributed by atoms with van der Waals surface area (Å²) < 4.78 is 47.3. The van der Waals surface area contributed by atoms with Crippen LogP contribution < -0.4 is 21.3 Å². The molecule has 4 aromatic rings. The Morgan fingerprint density at radius 2 is 1.67 bits per heavy atom. The zero-order valence-corrected chi connectivity index (χ0v) is 36.3. The van der Waals surface area contributed by atoms with E-state index in [9.17, 15) is 23.6 Å². The molecule has 60 heavy (non-hydrogen) atoms. The van der Waals surface area contributed by atoms with Crippen molar-refractivity contribution in [3.8, 4) is 11.5 Å². The van der Waals surface area contributed by atoms with E-state index in [0.717, 1.165) is 23.7 Å². The molecule has 0 spiro atoms. The lowest BCUT2D eigenvalue weighted by molar-refractivity contribution is -0.140. The Morgan fingerprint density at radius 3 is 2.27 bits per heavy atom. The number of nitrogens with zero attached hydrogens (tertiary/aromatic N) is 4. The first-order valence-corrected chi connectivity index (χ1v) is 21.0. The number of aromatic nitrogens is 3. The molecule has 3 amide bonds. The van der Waals surface area contributed by atoms with Gasteiger partial charge in [-0.05, 0) is 69.2 Å². The number of H-pyrrole nitrogens is 1. The Hall–Kier alpha value is -4.51. The van der Waals surface area contributed by atoms with E-state index >= 15 is 8.78 Å². The predicted octanol–water partition coefficient (Wildman–Crippen LogP) is 4.94. The second kappa shape index (κ2) is 20.4. The minimum atomic E-state index is -1.31. The summed E-state index contributed by atoms with van der Waals surface area (Å²) in [4.78, 5) is 61.6. The Balaban J connectivity index is 0.00000129. The first-order chi connectivity index (χ1) is 28.5. The number of carbonyl (C=O) groups is 4. The van der Waals surface area contributed by atoms with Gasteiger partial charge in [0, 0.05) is 47.4 Å². The average molecular weight is 858 g/mol. The van der Waals surface area contributed by atoms with Crippen molar-refractivity contribution in [2.45, 2.75) is 103 Å². The molecule has 17 heteroatoms. The number of likely N-dealkylation sites (N-methyl/N-ethyl adjacent to an activating group) is 3. The molecule has 2 aromatic carbocycles.